The molecule has 0 aliphatic heterocycles. The van der Waals surface area contributed by atoms with Crippen molar-refractivity contribution in [2.75, 3.05) is 13.7 Å². The van der Waals surface area contributed by atoms with Crippen LogP contribution in [0.1, 0.15) is 34.1 Å². The van der Waals surface area contributed by atoms with Crippen LogP contribution in [0.25, 0.3) is 0 Å². The summed E-state index contributed by atoms with van der Waals surface area (Å²) in [6, 6.07) is 19.1. The second-order valence-electron chi connectivity index (χ2n) is 8.45. The van der Waals surface area contributed by atoms with E-state index in [0.29, 0.717) is 6.42 Å². The van der Waals surface area contributed by atoms with Crippen molar-refractivity contribution >= 4 is 24.6 Å². The Morgan fingerprint density at radius 3 is 1.73 bits per heavy atom. The smallest absolute Gasteiger partial charge is 0.405 e. The highest BCUT2D eigenvalue weighted by Crippen LogP contribution is 2.37. The van der Waals surface area contributed by atoms with Crippen molar-refractivity contribution in [1.29, 1.82) is 0 Å². The predicted octanol–water partition coefficient (Wildman–Crippen LogP) is 4.36. The summed E-state index contributed by atoms with van der Waals surface area (Å²) in [7, 11) is -1.68. The number of nitrogens with zero attached hydrogens (tertiary/aromatic N) is 1. The minimum atomic E-state index is -4.90. The number of carbonyl (C=O) groups is 1. The van der Waals surface area contributed by atoms with Gasteiger partial charge in [-0.2, -0.15) is 13.2 Å². The molecule has 0 N–H and O–H groups in total. The van der Waals surface area contributed by atoms with E-state index in [2.05, 4.69) is 20.8 Å². The molecule has 0 saturated carbocycles. The molecule has 0 spiro atoms. The first-order valence-corrected chi connectivity index (χ1v) is 11.9. The van der Waals surface area contributed by atoms with Crippen LogP contribution in [0.4, 0.5) is 13.2 Å². The minimum absolute atomic E-state index is 0.0299. The van der Waals surface area contributed by atoms with E-state index in [-0.39, 0.29) is 11.6 Å². The third-order valence-corrected chi connectivity index (χ3v) is 10.5. The molecule has 0 aromatic heterocycles. The van der Waals surface area contributed by atoms with E-state index in [9.17, 15) is 18.0 Å². The van der Waals surface area contributed by atoms with Crippen molar-refractivity contribution in [1.82, 2.24) is 4.90 Å². The number of hydrogen-bond acceptors (Lipinski definition) is 2. The van der Waals surface area contributed by atoms with Gasteiger partial charge in [0, 0.05) is 7.05 Å². The molecule has 2 aromatic rings. The fourth-order valence-corrected chi connectivity index (χ4v) is 8.45. The number of alkyl halides is 3. The standard InChI is InChI=1S/C23H30F3NO2Si/c1-6-18(27(5)21(28)23(24,25)26)17-29-30(22(2,3)4,19-13-9-7-10-14-19)20-15-11-8-12-16-20/h7-16,18H,6,17H2,1-5H3/t18-/m0/s1. The molecule has 0 radical (unpaired) electrons. The van der Waals surface area contributed by atoms with E-state index in [4.69, 9.17) is 4.43 Å². The Hall–Kier alpha value is -2.12. The lowest BCUT2D eigenvalue weighted by atomic mass is 10.2. The van der Waals surface area contributed by atoms with E-state index in [0.717, 1.165) is 15.3 Å². The quantitative estimate of drug-likeness (QED) is 0.603. The average Bonchev–Trinajstić information content (AvgIpc) is 2.70. The lowest BCUT2D eigenvalue weighted by Gasteiger charge is -2.44. The van der Waals surface area contributed by atoms with Gasteiger partial charge in [-0.05, 0) is 21.8 Å². The van der Waals surface area contributed by atoms with Gasteiger partial charge in [0.1, 0.15) is 0 Å². The summed E-state index contributed by atoms with van der Waals surface area (Å²) >= 11 is 0. The molecule has 2 aromatic carbocycles. The van der Waals surface area contributed by atoms with Crippen LogP contribution >= 0.6 is 0 Å². The van der Waals surface area contributed by atoms with Gasteiger partial charge in [-0.25, -0.2) is 0 Å². The average molecular weight is 438 g/mol. The maximum atomic E-state index is 13.0. The number of carbonyl (C=O) groups excluding carboxylic acids is 1. The first-order valence-electron chi connectivity index (χ1n) is 10.0. The molecule has 0 saturated heterocycles. The normalized spacial score (nSPS) is 13.7. The fraction of sp³-hybridized carbons (Fsp3) is 0.435. The van der Waals surface area contributed by atoms with Gasteiger partial charge in [0.2, 0.25) is 0 Å². The SMILES string of the molecule is CC[C@@H](CO[Si](c1ccccc1)(c1ccccc1)C(C)(C)C)N(C)C(=O)C(F)(F)F. The number of benzene rings is 2. The topological polar surface area (TPSA) is 29.5 Å². The highest BCUT2D eigenvalue weighted by molar-refractivity contribution is 6.99. The summed E-state index contributed by atoms with van der Waals surface area (Å²) < 4.78 is 45.6. The van der Waals surface area contributed by atoms with Gasteiger partial charge in [0.15, 0.2) is 0 Å². The van der Waals surface area contributed by atoms with Gasteiger partial charge < -0.3 is 9.33 Å². The third kappa shape index (κ3) is 4.95. The molecule has 164 valence electrons. The van der Waals surface area contributed by atoms with Crippen LogP contribution < -0.4 is 10.4 Å². The molecule has 0 heterocycles. The van der Waals surface area contributed by atoms with Crippen LogP contribution in [-0.2, 0) is 9.22 Å². The Balaban J connectivity index is 2.50. The van der Waals surface area contributed by atoms with E-state index >= 15 is 0 Å². The maximum absolute atomic E-state index is 13.0. The molecule has 0 aliphatic rings. The van der Waals surface area contributed by atoms with Crippen LogP contribution in [-0.4, -0.2) is 45.0 Å². The van der Waals surface area contributed by atoms with Crippen LogP contribution in [0.2, 0.25) is 5.04 Å². The first kappa shape index (κ1) is 24.1. The summed E-state index contributed by atoms with van der Waals surface area (Å²) in [5.41, 5.74) is 0. The van der Waals surface area contributed by atoms with Gasteiger partial charge in [-0.1, -0.05) is 88.4 Å². The Kier molecular flexibility index (Phi) is 7.53. The second-order valence-corrected chi connectivity index (χ2v) is 12.8. The molecule has 30 heavy (non-hydrogen) atoms. The molecule has 7 heteroatoms. The van der Waals surface area contributed by atoms with E-state index in [1.807, 2.05) is 60.7 Å². The highest BCUT2D eigenvalue weighted by atomic mass is 28.4. The van der Waals surface area contributed by atoms with Crippen molar-refractivity contribution < 1.29 is 22.4 Å². The minimum Gasteiger partial charge on any atom is -0.405 e. The lowest BCUT2D eigenvalue weighted by Crippen LogP contribution is -2.67. The molecular formula is C23H30F3NO2Si. The molecule has 0 aliphatic carbocycles. The summed E-state index contributed by atoms with van der Waals surface area (Å²) in [6.45, 7) is 8.10. The molecule has 1 amide bonds. The van der Waals surface area contributed by atoms with Gasteiger partial charge in [0.25, 0.3) is 8.32 Å². The molecule has 0 unspecified atom stereocenters. The Bertz CT molecular complexity index is 780. The van der Waals surface area contributed by atoms with E-state index in [1.54, 1.807) is 6.92 Å². The van der Waals surface area contributed by atoms with Crippen LogP contribution in [0.3, 0.4) is 0 Å². The van der Waals surface area contributed by atoms with Gasteiger partial charge in [-0.15, -0.1) is 0 Å². The number of amides is 1. The zero-order valence-corrected chi connectivity index (χ0v) is 19.2. The lowest BCUT2D eigenvalue weighted by molar-refractivity contribution is -0.186. The highest BCUT2D eigenvalue weighted by Gasteiger charge is 2.51. The third-order valence-electron chi connectivity index (χ3n) is 5.49. The fourth-order valence-electron chi connectivity index (χ4n) is 3.85. The summed E-state index contributed by atoms with van der Waals surface area (Å²) in [5, 5.41) is 1.80. The molecule has 0 fully saturated rings. The molecule has 0 bridgehead atoms. The first-order chi connectivity index (χ1) is 13.9. The Morgan fingerprint density at radius 2 is 1.40 bits per heavy atom. The van der Waals surface area contributed by atoms with E-state index < -0.39 is 26.4 Å². The Morgan fingerprint density at radius 1 is 0.967 bits per heavy atom. The number of rotatable bonds is 7. The maximum Gasteiger partial charge on any atom is 0.471 e. The van der Waals surface area contributed by atoms with Crippen molar-refractivity contribution in [3.8, 4) is 0 Å². The number of hydrogen-bond donors (Lipinski definition) is 0. The van der Waals surface area contributed by atoms with Crippen LogP contribution in [0, 0.1) is 0 Å². The molecule has 2 rings (SSSR count). The molecule has 3 nitrogen and oxygen atoms in total. The van der Waals surface area contributed by atoms with E-state index in [1.165, 1.54) is 7.05 Å². The molecule has 1 atom stereocenters. The van der Waals surface area contributed by atoms with Crippen molar-refractivity contribution in [3.63, 3.8) is 0 Å². The summed E-state index contributed by atoms with van der Waals surface area (Å²) in [5.74, 6) is -1.85. The van der Waals surface area contributed by atoms with Crippen LogP contribution in [0.15, 0.2) is 60.7 Å². The Labute approximate surface area is 178 Å². The predicted molar refractivity (Wildman–Crippen MR) is 116 cm³/mol. The number of likely N-dealkylation sites (N-methyl/N-ethyl adjacent to an activating group) is 1. The zero-order chi connectivity index (χ0) is 22.6. The van der Waals surface area contributed by atoms with Crippen molar-refractivity contribution in [3.05, 3.63) is 60.7 Å². The van der Waals surface area contributed by atoms with Crippen molar-refractivity contribution in [2.45, 2.75) is 51.4 Å². The number of halogens is 3. The summed E-state index contributed by atoms with van der Waals surface area (Å²) in [4.78, 5) is 12.5. The van der Waals surface area contributed by atoms with Gasteiger partial charge in [0.05, 0.1) is 12.6 Å². The molecular weight excluding hydrogens is 407 g/mol. The largest absolute Gasteiger partial charge is 0.471 e. The summed E-state index contributed by atoms with van der Waals surface area (Å²) in [6.07, 6.45) is -4.55. The van der Waals surface area contributed by atoms with Gasteiger partial charge >= 0.3 is 12.1 Å². The second kappa shape index (κ2) is 9.35. The van der Waals surface area contributed by atoms with Gasteiger partial charge in [-0.3, -0.25) is 4.79 Å². The zero-order valence-electron chi connectivity index (χ0n) is 18.2. The van der Waals surface area contributed by atoms with Crippen molar-refractivity contribution in [2.24, 2.45) is 0 Å². The monoisotopic (exact) mass is 437 g/mol. The van der Waals surface area contributed by atoms with Crippen LogP contribution in [0.5, 0.6) is 0 Å².